The van der Waals surface area contributed by atoms with E-state index in [4.69, 9.17) is 5.73 Å². The topological polar surface area (TPSA) is 60.2 Å². The Morgan fingerprint density at radius 1 is 1.67 bits per heavy atom. The van der Waals surface area contributed by atoms with E-state index in [-0.39, 0.29) is 11.7 Å². The largest absolute Gasteiger partial charge is 0.369 e. The fourth-order valence-electron chi connectivity index (χ4n) is 0.993. The monoisotopic (exact) mass is 127 g/mol. The van der Waals surface area contributed by atoms with Gasteiger partial charge in [0.15, 0.2) is 0 Å². The molecule has 0 radical (unpaired) electrons. The Balaban J connectivity index is 2.60. The van der Waals surface area contributed by atoms with Gasteiger partial charge in [-0.3, -0.25) is 9.59 Å². The van der Waals surface area contributed by atoms with Gasteiger partial charge in [-0.2, -0.15) is 0 Å². The summed E-state index contributed by atoms with van der Waals surface area (Å²) in [6, 6.07) is 0. The Bertz CT molecular complexity index is 166. The standard InChI is InChI=1S/C6H9NO2/c1-6(5(7)9)2-4(8)3-6/h2-3H2,1H3,(H2,7,9). The van der Waals surface area contributed by atoms with Gasteiger partial charge in [0, 0.05) is 12.8 Å². The lowest BCUT2D eigenvalue weighted by molar-refractivity contribution is -0.143. The van der Waals surface area contributed by atoms with Gasteiger partial charge in [0.2, 0.25) is 5.91 Å². The maximum Gasteiger partial charge on any atom is 0.224 e. The second-order valence-corrected chi connectivity index (χ2v) is 2.82. The Labute approximate surface area is 53.2 Å². The number of amides is 1. The predicted octanol–water partition coefficient (Wildman–Crippen LogP) is -0.159. The van der Waals surface area contributed by atoms with Crippen molar-refractivity contribution in [3.8, 4) is 0 Å². The minimum atomic E-state index is -0.517. The van der Waals surface area contributed by atoms with E-state index in [0.29, 0.717) is 12.8 Å². The minimum Gasteiger partial charge on any atom is -0.369 e. The summed E-state index contributed by atoms with van der Waals surface area (Å²) in [5.74, 6) is -0.224. The summed E-state index contributed by atoms with van der Waals surface area (Å²) in [6.07, 6.45) is 0.671. The van der Waals surface area contributed by atoms with Gasteiger partial charge in [0.25, 0.3) is 0 Å². The zero-order chi connectivity index (χ0) is 7.07. The van der Waals surface area contributed by atoms with Crippen molar-refractivity contribution in [1.82, 2.24) is 0 Å². The van der Waals surface area contributed by atoms with Gasteiger partial charge >= 0.3 is 0 Å². The second kappa shape index (κ2) is 1.56. The highest BCUT2D eigenvalue weighted by molar-refractivity contribution is 5.98. The molecule has 9 heavy (non-hydrogen) atoms. The number of rotatable bonds is 1. The Kier molecular flexibility index (Phi) is 1.08. The minimum absolute atomic E-state index is 0.135. The number of carbonyl (C=O) groups is 2. The van der Waals surface area contributed by atoms with Crippen LogP contribution in [0.3, 0.4) is 0 Å². The summed E-state index contributed by atoms with van der Waals surface area (Å²) in [4.78, 5) is 20.9. The molecule has 3 nitrogen and oxygen atoms in total. The molecule has 0 aliphatic heterocycles. The predicted molar refractivity (Wildman–Crippen MR) is 31.5 cm³/mol. The first kappa shape index (κ1) is 6.26. The van der Waals surface area contributed by atoms with Gasteiger partial charge in [-0.25, -0.2) is 0 Å². The molecule has 1 aliphatic rings. The van der Waals surface area contributed by atoms with Crippen LogP contribution >= 0.6 is 0 Å². The lowest BCUT2D eigenvalue weighted by Gasteiger charge is -2.32. The zero-order valence-corrected chi connectivity index (χ0v) is 5.31. The van der Waals surface area contributed by atoms with E-state index in [1.165, 1.54) is 0 Å². The third-order valence-electron chi connectivity index (χ3n) is 1.77. The molecule has 3 heteroatoms. The van der Waals surface area contributed by atoms with Crippen molar-refractivity contribution in [2.75, 3.05) is 0 Å². The SMILES string of the molecule is CC1(C(N)=O)CC(=O)C1. The van der Waals surface area contributed by atoms with Crippen LogP contribution in [0.15, 0.2) is 0 Å². The summed E-state index contributed by atoms with van der Waals surface area (Å²) < 4.78 is 0. The van der Waals surface area contributed by atoms with E-state index in [9.17, 15) is 9.59 Å². The van der Waals surface area contributed by atoms with Crippen molar-refractivity contribution in [3.63, 3.8) is 0 Å². The van der Waals surface area contributed by atoms with E-state index in [1.54, 1.807) is 6.92 Å². The molecule has 0 aromatic heterocycles. The van der Waals surface area contributed by atoms with E-state index in [0.717, 1.165) is 0 Å². The van der Waals surface area contributed by atoms with Crippen LogP contribution in [0.1, 0.15) is 19.8 Å². The molecular formula is C6H9NO2. The van der Waals surface area contributed by atoms with Crippen LogP contribution in [-0.2, 0) is 9.59 Å². The molecule has 1 amide bonds. The maximum absolute atomic E-state index is 10.5. The molecule has 0 spiro atoms. The van der Waals surface area contributed by atoms with E-state index in [2.05, 4.69) is 0 Å². The van der Waals surface area contributed by atoms with E-state index < -0.39 is 5.41 Å². The van der Waals surface area contributed by atoms with Crippen LogP contribution in [0.5, 0.6) is 0 Å². The van der Waals surface area contributed by atoms with Crippen molar-refractivity contribution in [2.24, 2.45) is 11.1 Å². The molecule has 0 atom stereocenters. The molecule has 50 valence electrons. The molecule has 0 aromatic carbocycles. The summed E-state index contributed by atoms with van der Waals surface area (Å²) in [6.45, 7) is 1.72. The van der Waals surface area contributed by atoms with Crippen LogP contribution in [0.25, 0.3) is 0 Å². The molecule has 1 saturated carbocycles. The number of hydrogen-bond acceptors (Lipinski definition) is 2. The molecule has 1 rings (SSSR count). The molecule has 1 aliphatic carbocycles. The molecule has 1 fully saturated rings. The first-order chi connectivity index (χ1) is 4.04. The molecule has 2 N–H and O–H groups in total. The Morgan fingerprint density at radius 3 is 2.22 bits per heavy atom. The van der Waals surface area contributed by atoms with Gasteiger partial charge in [0.1, 0.15) is 5.78 Å². The van der Waals surface area contributed by atoms with Gasteiger partial charge in [0.05, 0.1) is 5.41 Å². The number of nitrogens with two attached hydrogens (primary N) is 1. The summed E-state index contributed by atoms with van der Waals surface area (Å²) in [5.41, 5.74) is 4.49. The smallest absolute Gasteiger partial charge is 0.224 e. The average molecular weight is 127 g/mol. The molecule has 0 saturated heterocycles. The average Bonchev–Trinajstić information content (AvgIpc) is 1.62. The Hall–Kier alpha value is -0.860. The maximum atomic E-state index is 10.5. The normalized spacial score (nSPS) is 23.0. The lowest BCUT2D eigenvalue weighted by Crippen LogP contribution is -2.45. The lowest BCUT2D eigenvalue weighted by atomic mass is 9.69. The molecular weight excluding hydrogens is 118 g/mol. The molecule has 0 bridgehead atoms. The van der Waals surface area contributed by atoms with Crippen LogP contribution < -0.4 is 5.73 Å². The van der Waals surface area contributed by atoms with Crippen molar-refractivity contribution in [3.05, 3.63) is 0 Å². The third-order valence-corrected chi connectivity index (χ3v) is 1.77. The number of hydrogen-bond donors (Lipinski definition) is 1. The van der Waals surface area contributed by atoms with Crippen LogP contribution in [0, 0.1) is 5.41 Å². The fourth-order valence-corrected chi connectivity index (χ4v) is 0.993. The van der Waals surface area contributed by atoms with E-state index >= 15 is 0 Å². The number of ketones is 1. The third kappa shape index (κ3) is 0.823. The summed E-state index contributed by atoms with van der Waals surface area (Å²) in [7, 11) is 0. The van der Waals surface area contributed by atoms with Gasteiger partial charge in [-0.15, -0.1) is 0 Å². The highest BCUT2D eigenvalue weighted by Crippen LogP contribution is 2.36. The van der Waals surface area contributed by atoms with Crippen LogP contribution in [0.2, 0.25) is 0 Å². The Morgan fingerprint density at radius 2 is 2.11 bits per heavy atom. The van der Waals surface area contributed by atoms with Gasteiger partial charge in [-0.05, 0) is 6.92 Å². The highest BCUT2D eigenvalue weighted by Gasteiger charge is 2.43. The second-order valence-electron chi connectivity index (χ2n) is 2.82. The van der Waals surface area contributed by atoms with Crippen molar-refractivity contribution in [1.29, 1.82) is 0 Å². The highest BCUT2D eigenvalue weighted by atomic mass is 16.2. The van der Waals surface area contributed by atoms with E-state index in [1.807, 2.05) is 0 Å². The number of primary amides is 1. The summed E-state index contributed by atoms with van der Waals surface area (Å²) in [5, 5.41) is 0. The zero-order valence-electron chi connectivity index (χ0n) is 5.31. The van der Waals surface area contributed by atoms with Crippen LogP contribution in [-0.4, -0.2) is 11.7 Å². The number of carbonyl (C=O) groups excluding carboxylic acids is 2. The number of Topliss-reactive ketones (excluding diaryl/α,β-unsaturated/α-hetero) is 1. The fraction of sp³-hybridized carbons (Fsp3) is 0.667. The first-order valence-electron chi connectivity index (χ1n) is 2.86. The molecule has 0 unspecified atom stereocenters. The van der Waals surface area contributed by atoms with Crippen molar-refractivity contribution in [2.45, 2.75) is 19.8 Å². The quantitative estimate of drug-likeness (QED) is 0.532. The molecule has 0 heterocycles. The van der Waals surface area contributed by atoms with Crippen molar-refractivity contribution >= 4 is 11.7 Å². The molecule has 0 aromatic rings. The summed E-state index contributed by atoms with van der Waals surface area (Å²) >= 11 is 0. The first-order valence-corrected chi connectivity index (χ1v) is 2.86. The van der Waals surface area contributed by atoms with Crippen molar-refractivity contribution < 1.29 is 9.59 Å². The van der Waals surface area contributed by atoms with Gasteiger partial charge < -0.3 is 5.73 Å². The van der Waals surface area contributed by atoms with Crippen LogP contribution in [0.4, 0.5) is 0 Å². The van der Waals surface area contributed by atoms with Gasteiger partial charge in [-0.1, -0.05) is 0 Å².